The van der Waals surface area contributed by atoms with Gasteiger partial charge in [0, 0.05) is 38.1 Å². The van der Waals surface area contributed by atoms with Gasteiger partial charge in [0.25, 0.3) is 0 Å². The Labute approximate surface area is 203 Å². The van der Waals surface area contributed by atoms with E-state index in [1.165, 1.54) is 4.88 Å². The van der Waals surface area contributed by atoms with Gasteiger partial charge in [-0.25, -0.2) is 4.98 Å². The van der Waals surface area contributed by atoms with Gasteiger partial charge < -0.3 is 14.8 Å². The van der Waals surface area contributed by atoms with Crippen molar-refractivity contribution in [2.24, 2.45) is 0 Å². The molecule has 1 saturated heterocycles. The number of carbonyl (C=O) groups excluding carboxylic acids is 1. The summed E-state index contributed by atoms with van der Waals surface area (Å²) in [7, 11) is 3.25. The van der Waals surface area contributed by atoms with E-state index in [1.54, 1.807) is 36.9 Å². The van der Waals surface area contributed by atoms with Gasteiger partial charge in [0.1, 0.15) is 5.01 Å². The van der Waals surface area contributed by atoms with E-state index >= 15 is 0 Å². The fourth-order valence-electron chi connectivity index (χ4n) is 3.86. The minimum absolute atomic E-state index is 0.0736. The molecular formula is C24H30N4O3S2. The van der Waals surface area contributed by atoms with Crippen LogP contribution in [0.25, 0.3) is 10.6 Å². The first kappa shape index (κ1) is 23.7. The predicted octanol–water partition coefficient (Wildman–Crippen LogP) is 3.37. The lowest BCUT2D eigenvalue weighted by Gasteiger charge is -2.33. The van der Waals surface area contributed by atoms with Crippen LogP contribution in [0.1, 0.15) is 10.6 Å². The van der Waals surface area contributed by atoms with Crippen molar-refractivity contribution in [3.05, 3.63) is 51.7 Å². The van der Waals surface area contributed by atoms with Crippen LogP contribution in [0.2, 0.25) is 0 Å². The maximum Gasteiger partial charge on any atom is 0.234 e. The van der Waals surface area contributed by atoms with Gasteiger partial charge in [0.15, 0.2) is 11.5 Å². The summed E-state index contributed by atoms with van der Waals surface area (Å²) in [4.78, 5) is 23.0. The number of methoxy groups -OCH3 is 2. The third-order valence-electron chi connectivity index (χ3n) is 5.70. The number of thiazole rings is 1. The molecule has 1 aromatic carbocycles. The molecule has 0 saturated carbocycles. The number of ether oxygens (including phenoxy) is 2. The summed E-state index contributed by atoms with van der Waals surface area (Å²) in [5, 5.41) is 8.42. The van der Waals surface area contributed by atoms with Crippen LogP contribution in [0.3, 0.4) is 0 Å². The molecule has 0 spiro atoms. The van der Waals surface area contributed by atoms with Crippen molar-refractivity contribution in [3.8, 4) is 22.1 Å². The molecule has 1 amide bonds. The Morgan fingerprint density at radius 1 is 1.06 bits per heavy atom. The molecule has 33 heavy (non-hydrogen) atoms. The molecule has 7 nitrogen and oxygen atoms in total. The number of hydrogen-bond acceptors (Lipinski definition) is 8. The Hall–Kier alpha value is -2.46. The lowest BCUT2D eigenvalue weighted by Crippen LogP contribution is -2.49. The van der Waals surface area contributed by atoms with Crippen molar-refractivity contribution in [2.45, 2.75) is 13.0 Å². The van der Waals surface area contributed by atoms with Gasteiger partial charge in [-0.15, -0.1) is 22.7 Å². The highest BCUT2D eigenvalue weighted by Gasteiger charge is 2.20. The van der Waals surface area contributed by atoms with Crippen molar-refractivity contribution in [1.29, 1.82) is 0 Å². The minimum atomic E-state index is 0.0736. The topological polar surface area (TPSA) is 66.9 Å². The molecule has 1 fully saturated rings. The second kappa shape index (κ2) is 11.6. The third-order valence-corrected chi connectivity index (χ3v) is 7.43. The highest BCUT2D eigenvalue weighted by atomic mass is 32.1. The number of aromatic nitrogens is 1. The first-order valence-electron chi connectivity index (χ1n) is 11.0. The number of benzene rings is 1. The molecule has 3 heterocycles. The molecular weight excluding hydrogens is 456 g/mol. The van der Waals surface area contributed by atoms with Crippen molar-refractivity contribution in [1.82, 2.24) is 20.1 Å². The van der Waals surface area contributed by atoms with Crippen LogP contribution < -0.4 is 14.8 Å². The van der Waals surface area contributed by atoms with E-state index in [9.17, 15) is 4.79 Å². The smallest absolute Gasteiger partial charge is 0.234 e. The minimum Gasteiger partial charge on any atom is -0.493 e. The van der Waals surface area contributed by atoms with E-state index in [4.69, 9.17) is 14.5 Å². The molecule has 0 unspecified atom stereocenters. The quantitative estimate of drug-likeness (QED) is 0.474. The molecule has 3 aromatic rings. The van der Waals surface area contributed by atoms with Gasteiger partial charge >= 0.3 is 0 Å². The largest absolute Gasteiger partial charge is 0.493 e. The summed E-state index contributed by atoms with van der Waals surface area (Å²) in [5.41, 5.74) is 2.18. The van der Waals surface area contributed by atoms with Gasteiger partial charge in [0.05, 0.1) is 37.9 Å². The summed E-state index contributed by atoms with van der Waals surface area (Å²) in [6, 6.07) is 10.0. The SMILES string of the molecule is COc1ccc(CCNC(=O)CN2CCN(Cc3nc(-c4cccs4)cs3)CC2)cc1OC. The zero-order valence-electron chi connectivity index (χ0n) is 19.1. The monoisotopic (exact) mass is 486 g/mol. The highest BCUT2D eigenvalue weighted by molar-refractivity contribution is 7.14. The molecule has 176 valence electrons. The zero-order chi connectivity index (χ0) is 23.0. The predicted molar refractivity (Wildman–Crippen MR) is 133 cm³/mol. The Balaban J connectivity index is 1.15. The van der Waals surface area contributed by atoms with Gasteiger partial charge in [-0.1, -0.05) is 12.1 Å². The van der Waals surface area contributed by atoms with E-state index in [0.717, 1.165) is 55.4 Å². The number of carbonyl (C=O) groups is 1. The number of hydrogen-bond donors (Lipinski definition) is 1. The lowest BCUT2D eigenvalue weighted by atomic mass is 10.1. The molecule has 0 aliphatic carbocycles. The number of nitrogens with one attached hydrogen (secondary N) is 1. The number of rotatable bonds is 10. The molecule has 1 N–H and O–H groups in total. The fraction of sp³-hybridized carbons (Fsp3) is 0.417. The first-order chi connectivity index (χ1) is 16.1. The Morgan fingerprint density at radius 2 is 1.85 bits per heavy atom. The normalized spacial score (nSPS) is 14.8. The van der Waals surface area contributed by atoms with Crippen LogP contribution in [-0.4, -0.2) is 74.2 Å². The van der Waals surface area contributed by atoms with E-state index in [0.29, 0.717) is 24.6 Å². The van der Waals surface area contributed by atoms with E-state index < -0.39 is 0 Å². The number of thiophene rings is 1. The first-order valence-corrected chi connectivity index (χ1v) is 12.8. The summed E-state index contributed by atoms with van der Waals surface area (Å²) < 4.78 is 10.6. The van der Waals surface area contributed by atoms with E-state index in [-0.39, 0.29) is 5.91 Å². The summed E-state index contributed by atoms with van der Waals surface area (Å²) >= 11 is 3.45. The summed E-state index contributed by atoms with van der Waals surface area (Å²) in [5.74, 6) is 1.49. The van der Waals surface area contributed by atoms with E-state index in [1.807, 2.05) is 18.2 Å². The summed E-state index contributed by atoms with van der Waals surface area (Å²) in [6.45, 7) is 5.62. The molecule has 1 aliphatic heterocycles. The van der Waals surface area contributed by atoms with Crippen molar-refractivity contribution in [2.75, 3.05) is 53.5 Å². The third kappa shape index (κ3) is 6.54. The highest BCUT2D eigenvalue weighted by Crippen LogP contribution is 2.28. The Bertz CT molecular complexity index is 1030. The van der Waals surface area contributed by atoms with Crippen LogP contribution in [0, 0.1) is 0 Å². The van der Waals surface area contributed by atoms with Crippen LogP contribution in [0.15, 0.2) is 41.1 Å². The molecule has 0 radical (unpaired) electrons. The standard InChI is InChI=1S/C24H30N4O3S2/c1-30-20-6-5-18(14-21(20)31-2)7-8-25-23(29)15-27-9-11-28(12-10-27)16-24-26-19(17-33-24)22-4-3-13-32-22/h3-6,13-14,17H,7-12,15-16H2,1-2H3,(H,25,29). The maximum atomic E-state index is 12.4. The van der Waals surface area contributed by atoms with Gasteiger partial charge in [0.2, 0.25) is 5.91 Å². The van der Waals surface area contributed by atoms with Crippen LogP contribution in [0.4, 0.5) is 0 Å². The number of amides is 1. The maximum absolute atomic E-state index is 12.4. The Morgan fingerprint density at radius 3 is 2.58 bits per heavy atom. The van der Waals surface area contributed by atoms with Crippen LogP contribution in [0.5, 0.6) is 11.5 Å². The average Bonchev–Trinajstić information content (AvgIpc) is 3.52. The molecule has 0 atom stereocenters. The van der Waals surface area contributed by atoms with Gasteiger partial charge in [-0.3, -0.25) is 14.6 Å². The lowest BCUT2D eigenvalue weighted by molar-refractivity contribution is -0.122. The molecule has 0 bridgehead atoms. The molecule has 9 heteroatoms. The van der Waals surface area contributed by atoms with Crippen molar-refractivity contribution < 1.29 is 14.3 Å². The van der Waals surface area contributed by atoms with E-state index in [2.05, 4.69) is 38.0 Å². The fourth-order valence-corrected chi connectivity index (χ4v) is 5.46. The van der Waals surface area contributed by atoms with Gasteiger partial charge in [-0.2, -0.15) is 0 Å². The second-order valence-corrected chi connectivity index (χ2v) is 9.84. The summed E-state index contributed by atoms with van der Waals surface area (Å²) in [6.07, 6.45) is 0.751. The number of nitrogens with zero attached hydrogens (tertiary/aromatic N) is 3. The van der Waals surface area contributed by atoms with Crippen molar-refractivity contribution in [3.63, 3.8) is 0 Å². The van der Waals surface area contributed by atoms with Crippen molar-refractivity contribution >= 4 is 28.6 Å². The van der Waals surface area contributed by atoms with Crippen LogP contribution >= 0.6 is 22.7 Å². The molecule has 4 rings (SSSR count). The average molecular weight is 487 g/mol. The molecule has 1 aliphatic rings. The van der Waals surface area contributed by atoms with Crippen LogP contribution in [-0.2, 0) is 17.8 Å². The number of piperazine rings is 1. The Kier molecular flexibility index (Phi) is 8.33. The molecule has 2 aromatic heterocycles. The second-order valence-electron chi connectivity index (χ2n) is 7.95. The van der Waals surface area contributed by atoms with Gasteiger partial charge in [-0.05, 0) is 35.6 Å². The zero-order valence-corrected chi connectivity index (χ0v) is 20.7.